The minimum atomic E-state index is 0.510. The van der Waals surface area contributed by atoms with E-state index in [1.807, 2.05) is 0 Å². The lowest BCUT2D eigenvalue weighted by Gasteiger charge is -2.33. The predicted molar refractivity (Wildman–Crippen MR) is 73.3 cm³/mol. The van der Waals surface area contributed by atoms with Gasteiger partial charge in [-0.3, -0.25) is 0 Å². The van der Waals surface area contributed by atoms with E-state index in [1.54, 1.807) is 0 Å². The number of piperidine rings is 1. The Hall–Kier alpha value is 0.400. The van der Waals surface area contributed by atoms with Gasteiger partial charge in [-0.2, -0.15) is 0 Å². The van der Waals surface area contributed by atoms with E-state index in [0.717, 1.165) is 17.9 Å². The summed E-state index contributed by atoms with van der Waals surface area (Å²) >= 11 is 3.40. The van der Waals surface area contributed by atoms with E-state index >= 15 is 0 Å². The van der Waals surface area contributed by atoms with Gasteiger partial charge in [0, 0.05) is 25.0 Å². The van der Waals surface area contributed by atoms with E-state index in [1.165, 1.54) is 45.3 Å². The lowest BCUT2D eigenvalue weighted by Crippen LogP contribution is -2.39. The first-order valence-electron chi connectivity index (χ1n) is 6.66. The summed E-state index contributed by atoms with van der Waals surface area (Å²) in [6, 6.07) is 0. The van der Waals surface area contributed by atoms with Crippen molar-refractivity contribution in [1.29, 1.82) is 0 Å². The lowest BCUT2D eigenvalue weighted by molar-refractivity contribution is 0.0129. The monoisotopic (exact) mass is 291 g/mol. The van der Waals surface area contributed by atoms with Gasteiger partial charge < -0.3 is 9.64 Å². The average Bonchev–Trinajstić information content (AvgIpc) is 2.28. The van der Waals surface area contributed by atoms with Gasteiger partial charge in [-0.1, -0.05) is 36.2 Å². The van der Waals surface area contributed by atoms with Crippen LogP contribution < -0.4 is 0 Å². The van der Waals surface area contributed by atoms with Gasteiger partial charge in [-0.05, 0) is 25.2 Å². The minimum Gasteiger partial charge on any atom is -0.377 e. The number of rotatable bonds is 7. The Morgan fingerprint density at radius 1 is 1.38 bits per heavy atom. The van der Waals surface area contributed by atoms with Gasteiger partial charge in [-0.25, -0.2) is 0 Å². The van der Waals surface area contributed by atoms with Gasteiger partial charge in [0.2, 0.25) is 0 Å². The molecule has 1 rings (SSSR count). The molecule has 1 unspecified atom stereocenters. The Bertz CT molecular complexity index is 169. The highest BCUT2D eigenvalue weighted by Crippen LogP contribution is 2.16. The van der Waals surface area contributed by atoms with Crippen LogP contribution in [0.4, 0.5) is 0 Å². The molecule has 0 aromatic rings. The van der Waals surface area contributed by atoms with Gasteiger partial charge in [0.05, 0.1) is 12.7 Å². The Balaban J connectivity index is 2.11. The second-order valence-corrected chi connectivity index (χ2v) is 5.75. The zero-order valence-electron chi connectivity index (χ0n) is 10.8. The van der Waals surface area contributed by atoms with Crippen molar-refractivity contribution in [1.82, 2.24) is 4.90 Å². The van der Waals surface area contributed by atoms with Crippen LogP contribution in [0.1, 0.15) is 39.5 Å². The van der Waals surface area contributed by atoms with Crippen LogP contribution in [-0.2, 0) is 4.74 Å². The molecule has 3 heteroatoms. The van der Waals surface area contributed by atoms with Crippen molar-refractivity contribution in [2.45, 2.75) is 45.6 Å². The fraction of sp³-hybridized carbons (Fsp3) is 1.00. The van der Waals surface area contributed by atoms with Gasteiger partial charge >= 0.3 is 0 Å². The van der Waals surface area contributed by atoms with E-state index in [0.29, 0.717) is 6.10 Å². The normalized spacial score (nSPS) is 21.2. The molecule has 1 atom stereocenters. The summed E-state index contributed by atoms with van der Waals surface area (Å²) in [5, 5.41) is 0.959. The maximum atomic E-state index is 5.76. The molecule has 16 heavy (non-hydrogen) atoms. The Kier molecular flexibility index (Phi) is 7.67. The van der Waals surface area contributed by atoms with E-state index < -0.39 is 0 Å². The molecule has 0 spiro atoms. The number of ether oxygens (including phenoxy) is 1. The van der Waals surface area contributed by atoms with Crippen molar-refractivity contribution in [3.63, 3.8) is 0 Å². The number of alkyl halides is 1. The van der Waals surface area contributed by atoms with Crippen LogP contribution in [0.3, 0.4) is 0 Å². The highest BCUT2D eigenvalue weighted by molar-refractivity contribution is 9.09. The average molecular weight is 292 g/mol. The van der Waals surface area contributed by atoms with Crippen LogP contribution in [0.2, 0.25) is 0 Å². The van der Waals surface area contributed by atoms with Crippen molar-refractivity contribution >= 4 is 15.9 Å². The number of likely N-dealkylation sites (tertiary alicyclic amines) is 1. The molecular formula is C13H26BrNO. The summed E-state index contributed by atoms with van der Waals surface area (Å²) < 4.78 is 5.76. The van der Waals surface area contributed by atoms with Crippen LogP contribution in [0.15, 0.2) is 0 Å². The molecule has 0 aromatic carbocycles. The van der Waals surface area contributed by atoms with Crippen molar-refractivity contribution in [2.75, 3.05) is 31.6 Å². The minimum absolute atomic E-state index is 0.510. The molecule has 1 fully saturated rings. The standard InChI is InChI=1S/C13H26BrNO/c1-3-4-12(2)11-15-8-5-13(6-9-15)16-10-7-14/h12-13H,3-11H2,1-2H3. The van der Waals surface area contributed by atoms with E-state index in [2.05, 4.69) is 34.7 Å². The second-order valence-electron chi connectivity index (χ2n) is 4.95. The molecule has 2 nitrogen and oxygen atoms in total. The zero-order chi connectivity index (χ0) is 11.8. The molecule has 0 amide bonds. The first-order chi connectivity index (χ1) is 7.76. The van der Waals surface area contributed by atoms with Crippen molar-refractivity contribution < 1.29 is 4.74 Å². The summed E-state index contributed by atoms with van der Waals surface area (Å²) in [5.41, 5.74) is 0. The summed E-state index contributed by atoms with van der Waals surface area (Å²) in [6.45, 7) is 9.23. The third kappa shape index (κ3) is 5.65. The molecule has 0 aromatic heterocycles. The maximum Gasteiger partial charge on any atom is 0.0599 e. The Morgan fingerprint density at radius 2 is 2.06 bits per heavy atom. The van der Waals surface area contributed by atoms with Gasteiger partial charge in [0.1, 0.15) is 0 Å². The molecule has 96 valence electrons. The summed E-state index contributed by atoms with van der Waals surface area (Å²) in [5.74, 6) is 0.852. The first kappa shape index (κ1) is 14.5. The smallest absolute Gasteiger partial charge is 0.0599 e. The van der Waals surface area contributed by atoms with Crippen LogP contribution in [0.5, 0.6) is 0 Å². The molecule has 1 heterocycles. The van der Waals surface area contributed by atoms with Crippen LogP contribution >= 0.6 is 15.9 Å². The fourth-order valence-corrected chi connectivity index (χ4v) is 2.68. The molecular weight excluding hydrogens is 266 g/mol. The quantitative estimate of drug-likeness (QED) is 0.668. The highest BCUT2D eigenvalue weighted by Gasteiger charge is 2.20. The summed E-state index contributed by atoms with van der Waals surface area (Å²) in [4.78, 5) is 2.61. The Labute approximate surface area is 109 Å². The second kappa shape index (κ2) is 8.48. The number of nitrogens with zero attached hydrogens (tertiary/aromatic N) is 1. The van der Waals surface area contributed by atoms with E-state index in [9.17, 15) is 0 Å². The molecule has 1 saturated heterocycles. The Morgan fingerprint density at radius 3 is 2.62 bits per heavy atom. The molecule has 0 radical (unpaired) electrons. The van der Waals surface area contributed by atoms with Gasteiger partial charge in [0.15, 0.2) is 0 Å². The highest BCUT2D eigenvalue weighted by atomic mass is 79.9. The predicted octanol–water partition coefficient (Wildman–Crippen LogP) is 3.30. The molecule has 1 aliphatic heterocycles. The third-order valence-electron chi connectivity index (χ3n) is 3.32. The molecule has 0 bridgehead atoms. The largest absolute Gasteiger partial charge is 0.377 e. The number of hydrogen-bond donors (Lipinski definition) is 0. The van der Waals surface area contributed by atoms with Gasteiger partial charge in [-0.15, -0.1) is 0 Å². The van der Waals surface area contributed by atoms with Crippen LogP contribution in [-0.4, -0.2) is 42.6 Å². The summed E-state index contributed by atoms with van der Waals surface area (Å²) in [6.07, 6.45) is 5.61. The van der Waals surface area contributed by atoms with Gasteiger partial charge in [0.25, 0.3) is 0 Å². The molecule has 0 saturated carbocycles. The lowest BCUT2D eigenvalue weighted by atomic mass is 10.0. The van der Waals surface area contributed by atoms with Crippen LogP contribution in [0.25, 0.3) is 0 Å². The fourth-order valence-electron chi connectivity index (χ4n) is 2.49. The van der Waals surface area contributed by atoms with Crippen LogP contribution in [0, 0.1) is 5.92 Å². The first-order valence-corrected chi connectivity index (χ1v) is 7.78. The molecule has 0 aliphatic carbocycles. The van der Waals surface area contributed by atoms with E-state index in [-0.39, 0.29) is 0 Å². The zero-order valence-corrected chi connectivity index (χ0v) is 12.3. The molecule has 0 N–H and O–H groups in total. The van der Waals surface area contributed by atoms with Crippen molar-refractivity contribution in [3.05, 3.63) is 0 Å². The SMILES string of the molecule is CCCC(C)CN1CCC(OCCBr)CC1. The summed E-state index contributed by atoms with van der Waals surface area (Å²) in [7, 11) is 0. The number of halogens is 1. The third-order valence-corrected chi connectivity index (χ3v) is 3.64. The maximum absolute atomic E-state index is 5.76. The van der Waals surface area contributed by atoms with E-state index in [4.69, 9.17) is 4.74 Å². The number of hydrogen-bond acceptors (Lipinski definition) is 2. The molecule has 1 aliphatic rings. The topological polar surface area (TPSA) is 12.5 Å². The van der Waals surface area contributed by atoms with Crippen molar-refractivity contribution in [2.24, 2.45) is 5.92 Å². The van der Waals surface area contributed by atoms with Crippen molar-refractivity contribution in [3.8, 4) is 0 Å².